The van der Waals surface area contributed by atoms with Gasteiger partial charge in [-0.15, -0.1) is 12.4 Å². The molecule has 5 nitrogen and oxygen atoms in total. The highest BCUT2D eigenvalue weighted by atomic mass is 35.5. The summed E-state index contributed by atoms with van der Waals surface area (Å²) in [5.41, 5.74) is 6.65. The van der Waals surface area contributed by atoms with E-state index >= 15 is 0 Å². The first-order valence-corrected chi connectivity index (χ1v) is 7.30. The van der Waals surface area contributed by atoms with Gasteiger partial charge in [0.2, 0.25) is 5.56 Å². The lowest BCUT2D eigenvalue weighted by Crippen LogP contribution is -2.42. The number of nitrogens with one attached hydrogen (secondary N) is 1. The van der Waals surface area contributed by atoms with Gasteiger partial charge in [0.1, 0.15) is 0 Å². The molecule has 1 aromatic carbocycles. The molecule has 2 heterocycles. The molecule has 6 heteroatoms. The number of benzene rings is 1. The highest BCUT2D eigenvalue weighted by Gasteiger charge is 2.25. The van der Waals surface area contributed by atoms with Gasteiger partial charge < -0.3 is 15.6 Å². The third kappa shape index (κ3) is 3.15. The average Bonchev–Trinajstić information content (AvgIpc) is 2.53. The van der Waals surface area contributed by atoms with Crippen LogP contribution in [0.2, 0.25) is 0 Å². The number of nitrogens with two attached hydrogens (primary N) is 1. The van der Waals surface area contributed by atoms with Crippen LogP contribution in [0.15, 0.2) is 35.1 Å². The van der Waals surface area contributed by atoms with E-state index in [-0.39, 0.29) is 23.9 Å². The number of piperidine rings is 1. The van der Waals surface area contributed by atoms with Crippen LogP contribution < -0.4 is 11.3 Å². The van der Waals surface area contributed by atoms with Crippen molar-refractivity contribution in [3.05, 3.63) is 46.2 Å². The predicted molar refractivity (Wildman–Crippen MR) is 89.5 cm³/mol. The number of pyridine rings is 1. The molecular formula is C16H20ClN3O2. The maximum Gasteiger partial charge on any atom is 0.254 e. The van der Waals surface area contributed by atoms with Gasteiger partial charge in [0.05, 0.1) is 5.56 Å². The van der Waals surface area contributed by atoms with E-state index in [1.54, 1.807) is 0 Å². The summed E-state index contributed by atoms with van der Waals surface area (Å²) in [6, 6.07) is 8.79. The number of hydrogen-bond donors (Lipinski definition) is 2. The normalized spacial score (nSPS) is 18.0. The second-order valence-corrected chi connectivity index (χ2v) is 5.59. The Kier molecular flexibility index (Phi) is 5.21. The van der Waals surface area contributed by atoms with Crippen molar-refractivity contribution < 1.29 is 4.79 Å². The van der Waals surface area contributed by atoms with E-state index in [4.69, 9.17) is 5.73 Å². The summed E-state index contributed by atoms with van der Waals surface area (Å²) in [7, 11) is 0. The molecule has 2 aromatic rings. The molecule has 1 aromatic heterocycles. The fourth-order valence-corrected chi connectivity index (χ4v) is 2.99. The minimum atomic E-state index is -0.246. The van der Waals surface area contributed by atoms with Crippen molar-refractivity contribution in [2.75, 3.05) is 19.6 Å². The Morgan fingerprint density at radius 1 is 1.36 bits per heavy atom. The molecule has 0 bridgehead atoms. The first-order chi connectivity index (χ1) is 10.2. The van der Waals surface area contributed by atoms with Crippen LogP contribution in [-0.2, 0) is 0 Å². The molecule has 1 atom stereocenters. The molecule has 1 amide bonds. The SMILES string of the molecule is Cl.NCC1CCCN(C(=O)c2cc(=O)[nH]c3ccccc23)C1. The standard InChI is InChI=1S/C16H19N3O2.ClH/c17-9-11-4-3-7-19(10-11)16(21)13-8-15(20)18-14-6-2-1-5-12(13)14;/h1-2,5-6,8,11H,3-4,7,9-10,17H2,(H,18,20);1H. The van der Waals surface area contributed by atoms with Crippen molar-refractivity contribution in [3.63, 3.8) is 0 Å². The molecule has 0 spiro atoms. The number of fused-ring (bicyclic) bond motifs is 1. The predicted octanol–water partition coefficient (Wildman–Crippen LogP) is 1.76. The van der Waals surface area contributed by atoms with Crippen LogP contribution in [0, 0.1) is 5.92 Å². The van der Waals surface area contributed by atoms with E-state index in [0.717, 1.165) is 24.8 Å². The summed E-state index contributed by atoms with van der Waals surface area (Å²) < 4.78 is 0. The number of amides is 1. The largest absolute Gasteiger partial charge is 0.338 e. The molecule has 118 valence electrons. The number of aromatic nitrogens is 1. The molecule has 1 aliphatic rings. The Labute approximate surface area is 134 Å². The minimum Gasteiger partial charge on any atom is -0.338 e. The Balaban J connectivity index is 0.00000176. The maximum absolute atomic E-state index is 12.8. The van der Waals surface area contributed by atoms with Crippen LogP contribution in [0.1, 0.15) is 23.2 Å². The second kappa shape index (κ2) is 6.94. The highest BCUT2D eigenvalue weighted by molar-refractivity contribution is 6.05. The Morgan fingerprint density at radius 2 is 2.14 bits per heavy atom. The molecule has 0 saturated carbocycles. The second-order valence-electron chi connectivity index (χ2n) is 5.59. The van der Waals surface area contributed by atoms with Crippen molar-refractivity contribution in [3.8, 4) is 0 Å². The van der Waals surface area contributed by atoms with Gasteiger partial charge in [-0.1, -0.05) is 18.2 Å². The third-order valence-corrected chi connectivity index (χ3v) is 4.12. The van der Waals surface area contributed by atoms with Crippen molar-refractivity contribution in [2.45, 2.75) is 12.8 Å². The number of carbonyl (C=O) groups excluding carboxylic acids is 1. The summed E-state index contributed by atoms with van der Waals surface area (Å²) in [5.74, 6) is 0.284. The van der Waals surface area contributed by atoms with E-state index in [9.17, 15) is 9.59 Å². The Morgan fingerprint density at radius 3 is 2.91 bits per heavy atom. The summed E-state index contributed by atoms with van der Waals surface area (Å²) in [6.07, 6.45) is 2.03. The van der Waals surface area contributed by atoms with Gasteiger partial charge in [-0.3, -0.25) is 9.59 Å². The lowest BCUT2D eigenvalue weighted by Gasteiger charge is -2.32. The first-order valence-electron chi connectivity index (χ1n) is 7.30. The summed E-state index contributed by atoms with van der Waals surface area (Å²) in [5, 5.41) is 0.789. The van der Waals surface area contributed by atoms with Gasteiger partial charge in [0, 0.05) is 30.1 Å². The highest BCUT2D eigenvalue weighted by Crippen LogP contribution is 2.21. The van der Waals surface area contributed by atoms with Gasteiger partial charge in [0.15, 0.2) is 0 Å². The van der Waals surface area contributed by atoms with Crippen molar-refractivity contribution >= 4 is 29.2 Å². The summed E-state index contributed by atoms with van der Waals surface area (Å²) in [4.78, 5) is 29.1. The zero-order valence-corrected chi connectivity index (χ0v) is 13.1. The van der Waals surface area contributed by atoms with Gasteiger partial charge in [-0.2, -0.15) is 0 Å². The van der Waals surface area contributed by atoms with Gasteiger partial charge in [-0.05, 0) is 31.4 Å². The molecule has 1 aliphatic heterocycles. The van der Waals surface area contributed by atoms with E-state index in [1.165, 1.54) is 6.07 Å². The molecule has 3 rings (SSSR count). The molecule has 3 N–H and O–H groups in total. The summed E-state index contributed by atoms with van der Waals surface area (Å²) >= 11 is 0. The van der Waals surface area contributed by atoms with Crippen LogP contribution in [0.4, 0.5) is 0 Å². The summed E-state index contributed by atoms with van der Waals surface area (Å²) in [6.45, 7) is 2.01. The lowest BCUT2D eigenvalue weighted by atomic mass is 9.97. The van der Waals surface area contributed by atoms with E-state index < -0.39 is 0 Å². The fourth-order valence-electron chi connectivity index (χ4n) is 2.99. The molecule has 1 fully saturated rings. The lowest BCUT2D eigenvalue weighted by molar-refractivity contribution is 0.0680. The zero-order chi connectivity index (χ0) is 14.8. The number of halogens is 1. The van der Waals surface area contributed by atoms with Crippen molar-refractivity contribution in [1.29, 1.82) is 0 Å². The molecule has 0 radical (unpaired) electrons. The third-order valence-electron chi connectivity index (χ3n) is 4.12. The Bertz CT molecular complexity index is 729. The molecular weight excluding hydrogens is 302 g/mol. The van der Waals surface area contributed by atoms with Crippen LogP contribution in [0.5, 0.6) is 0 Å². The smallest absolute Gasteiger partial charge is 0.254 e. The average molecular weight is 322 g/mol. The number of aromatic amines is 1. The zero-order valence-electron chi connectivity index (χ0n) is 12.2. The molecule has 1 saturated heterocycles. The quantitative estimate of drug-likeness (QED) is 0.884. The van der Waals surface area contributed by atoms with E-state index in [2.05, 4.69) is 4.98 Å². The van der Waals surface area contributed by atoms with Crippen LogP contribution in [0.3, 0.4) is 0 Å². The maximum atomic E-state index is 12.8. The van der Waals surface area contributed by atoms with Gasteiger partial charge in [0.25, 0.3) is 5.91 Å². The number of likely N-dealkylation sites (tertiary alicyclic amines) is 1. The van der Waals surface area contributed by atoms with Gasteiger partial charge >= 0.3 is 0 Å². The minimum absolute atomic E-state index is 0. The Hall–Kier alpha value is -1.85. The fraction of sp³-hybridized carbons (Fsp3) is 0.375. The topological polar surface area (TPSA) is 79.2 Å². The monoisotopic (exact) mass is 321 g/mol. The van der Waals surface area contributed by atoms with E-state index in [0.29, 0.717) is 30.1 Å². The van der Waals surface area contributed by atoms with Gasteiger partial charge in [-0.25, -0.2) is 0 Å². The number of nitrogens with zero attached hydrogens (tertiary/aromatic N) is 1. The first kappa shape index (κ1) is 16.5. The molecule has 22 heavy (non-hydrogen) atoms. The number of para-hydroxylation sites is 1. The van der Waals surface area contributed by atoms with Crippen LogP contribution in [-0.4, -0.2) is 35.4 Å². The number of hydrogen-bond acceptors (Lipinski definition) is 3. The van der Waals surface area contributed by atoms with Crippen LogP contribution in [0.25, 0.3) is 10.9 Å². The van der Waals surface area contributed by atoms with Crippen LogP contribution >= 0.6 is 12.4 Å². The number of H-pyrrole nitrogens is 1. The molecule has 0 aliphatic carbocycles. The van der Waals surface area contributed by atoms with E-state index in [1.807, 2.05) is 29.2 Å². The number of carbonyl (C=O) groups is 1. The van der Waals surface area contributed by atoms with Crippen molar-refractivity contribution in [2.24, 2.45) is 11.7 Å². The number of rotatable bonds is 2. The van der Waals surface area contributed by atoms with Crippen molar-refractivity contribution in [1.82, 2.24) is 9.88 Å². The molecule has 1 unspecified atom stereocenters.